The Morgan fingerprint density at radius 3 is 1.78 bits per heavy atom. The van der Waals surface area contributed by atoms with Crippen molar-refractivity contribution in [2.45, 2.75) is 26.2 Å². The van der Waals surface area contributed by atoms with Gasteiger partial charge in [0, 0.05) is 56.5 Å². The maximum atomic E-state index is 11.7. The molecule has 8 bridgehead atoms. The van der Waals surface area contributed by atoms with Crippen LogP contribution in [0.5, 0.6) is 0 Å². The number of aromatic nitrogens is 4. The maximum absolute atomic E-state index is 11.7. The van der Waals surface area contributed by atoms with Crippen molar-refractivity contribution in [3.8, 4) is 22.3 Å². The number of benzene rings is 5. The molecule has 59 heavy (non-hydrogen) atoms. The van der Waals surface area contributed by atoms with E-state index >= 15 is 0 Å². The number of fused-ring (bicyclic) bond motifs is 10. The maximum Gasteiger partial charge on any atom is 0.270 e. The SMILES string of the molecule is CCCCc1c2nc(c(-c3cccc4ccccc34)c3ccc([nH]3)c(/C=C/c3cccc([N+](=O)[O-])c3)c3nc(c(-c4cccc5ccccc45)c4ccc1[nH]4)C=C3)C=C2. The first-order chi connectivity index (χ1) is 29.0. The highest BCUT2D eigenvalue weighted by Gasteiger charge is 2.19. The Morgan fingerprint density at radius 2 is 1.12 bits per heavy atom. The van der Waals surface area contributed by atoms with Crippen LogP contribution >= 0.6 is 0 Å². The molecular formula is C52H39N5O2. The predicted octanol–water partition coefficient (Wildman–Crippen LogP) is 13.7. The lowest BCUT2D eigenvalue weighted by Crippen LogP contribution is -1.92. The summed E-state index contributed by atoms with van der Waals surface area (Å²) in [6.07, 6.45) is 15.3. The van der Waals surface area contributed by atoms with Gasteiger partial charge >= 0.3 is 0 Å². The van der Waals surface area contributed by atoms with E-state index in [2.05, 4.69) is 150 Å². The third kappa shape index (κ3) is 6.62. The number of nitro benzene ring substituents is 1. The number of rotatable bonds is 8. The second kappa shape index (κ2) is 15.0. The van der Waals surface area contributed by atoms with Crippen LogP contribution in [0.25, 0.3) is 102 Å². The molecule has 7 heteroatoms. The molecule has 0 aliphatic carbocycles. The van der Waals surface area contributed by atoms with E-state index in [0.717, 1.165) is 113 Å². The van der Waals surface area contributed by atoms with E-state index in [0.29, 0.717) is 5.56 Å². The van der Waals surface area contributed by atoms with Crippen molar-refractivity contribution < 1.29 is 4.92 Å². The fourth-order valence-electron chi connectivity index (χ4n) is 8.45. The Morgan fingerprint density at radius 1 is 0.576 bits per heavy atom. The van der Waals surface area contributed by atoms with E-state index in [9.17, 15) is 10.1 Å². The van der Waals surface area contributed by atoms with Gasteiger partial charge in [0.1, 0.15) is 0 Å². The molecule has 0 atom stereocenters. The van der Waals surface area contributed by atoms with E-state index in [4.69, 9.17) is 9.97 Å². The fourth-order valence-corrected chi connectivity index (χ4v) is 8.45. The molecule has 0 amide bonds. The summed E-state index contributed by atoms with van der Waals surface area (Å²) in [5, 5.41) is 16.3. The predicted molar refractivity (Wildman–Crippen MR) is 245 cm³/mol. The zero-order valence-electron chi connectivity index (χ0n) is 32.4. The van der Waals surface area contributed by atoms with Crippen molar-refractivity contribution >= 4 is 85.8 Å². The molecule has 10 rings (SSSR count). The van der Waals surface area contributed by atoms with Gasteiger partial charge in [0.2, 0.25) is 0 Å². The molecule has 0 saturated heterocycles. The summed E-state index contributed by atoms with van der Waals surface area (Å²) in [5.41, 5.74) is 14.1. The third-order valence-electron chi connectivity index (χ3n) is 11.3. The molecule has 8 aromatic rings. The number of hydrogen-bond donors (Lipinski definition) is 2. The molecule has 7 nitrogen and oxygen atoms in total. The van der Waals surface area contributed by atoms with Crippen molar-refractivity contribution in [1.29, 1.82) is 0 Å². The molecule has 0 fully saturated rings. The van der Waals surface area contributed by atoms with Crippen LogP contribution in [-0.2, 0) is 6.42 Å². The minimum Gasteiger partial charge on any atom is -0.355 e. The largest absolute Gasteiger partial charge is 0.355 e. The Balaban J connectivity index is 1.34. The highest BCUT2D eigenvalue weighted by atomic mass is 16.6. The van der Waals surface area contributed by atoms with Crippen molar-refractivity contribution in [3.63, 3.8) is 0 Å². The average molecular weight is 766 g/mol. The van der Waals surface area contributed by atoms with Crippen molar-refractivity contribution in [1.82, 2.24) is 19.9 Å². The zero-order valence-corrected chi connectivity index (χ0v) is 32.4. The van der Waals surface area contributed by atoms with Crippen LogP contribution in [-0.4, -0.2) is 24.9 Å². The molecular weight excluding hydrogens is 727 g/mol. The molecule has 2 aliphatic rings. The topological polar surface area (TPSA) is 100 Å². The van der Waals surface area contributed by atoms with Gasteiger partial charge in [-0.1, -0.05) is 123 Å². The van der Waals surface area contributed by atoms with Gasteiger partial charge in [-0.05, 0) is 99.6 Å². The second-order valence-electron chi connectivity index (χ2n) is 15.0. The van der Waals surface area contributed by atoms with Gasteiger partial charge in [-0.15, -0.1) is 0 Å². The Labute approximate surface area is 340 Å². The van der Waals surface area contributed by atoms with Crippen LogP contribution in [0, 0.1) is 10.1 Å². The van der Waals surface area contributed by atoms with Gasteiger partial charge in [-0.25, -0.2) is 9.97 Å². The van der Waals surface area contributed by atoms with Crippen molar-refractivity contribution in [2.24, 2.45) is 0 Å². The monoisotopic (exact) mass is 765 g/mol. The molecule has 5 heterocycles. The minimum absolute atomic E-state index is 0.0386. The molecule has 0 spiro atoms. The number of non-ortho nitro benzene ring substituents is 1. The summed E-state index contributed by atoms with van der Waals surface area (Å²) in [4.78, 5) is 29.8. The van der Waals surface area contributed by atoms with Gasteiger partial charge in [0.15, 0.2) is 0 Å². The van der Waals surface area contributed by atoms with E-state index < -0.39 is 0 Å². The summed E-state index contributed by atoms with van der Waals surface area (Å²) in [6.45, 7) is 2.23. The number of nitrogens with one attached hydrogen (secondary N) is 2. The van der Waals surface area contributed by atoms with Crippen molar-refractivity contribution in [2.75, 3.05) is 0 Å². The molecule has 3 aromatic heterocycles. The highest BCUT2D eigenvalue weighted by molar-refractivity contribution is 6.05. The summed E-state index contributed by atoms with van der Waals surface area (Å²) in [5.74, 6) is 0. The van der Waals surface area contributed by atoms with E-state index in [1.54, 1.807) is 12.1 Å². The molecule has 2 aliphatic heterocycles. The zero-order chi connectivity index (χ0) is 39.9. The molecule has 0 saturated carbocycles. The summed E-state index contributed by atoms with van der Waals surface area (Å²) in [7, 11) is 0. The standard InChI is InChI=1S/C52H39N5O2/c1-2-3-17-41-43-24-28-47(53-43)51(39-20-9-14-34-12-4-6-18-37(34)39)49-30-26-45(55-49)42(23-22-33-11-8-16-36(32-33)57(58)59)46-27-31-50(56-46)52(48-29-25-44(41)54-48)40-21-10-15-35-13-5-7-19-38(35)40/h4-16,18-32,53,56H,2-3,17H2,1H3/b23-22+,43-41?,44-41?,45-42?,46-42?,51-47?,51-49?,52-48?,52-50?. The molecule has 0 radical (unpaired) electrons. The first-order valence-electron chi connectivity index (χ1n) is 20.1. The molecule has 284 valence electrons. The van der Waals surface area contributed by atoms with Crippen LogP contribution < -0.4 is 0 Å². The number of unbranched alkanes of at least 4 members (excludes halogenated alkanes) is 1. The lowest BCUT2D eigenvalue weighted by Gasteiger charge is -2.09. The lowest BCUT2D eigenvalue weighted by atomic mass is 9.97. The summed E-state index contributed by atoms with van der Waals surface area (Å²) >= 11 is 0. The summed E-state index contributed by atoms with van der Waals surface area (Å²) < 4.78 is 0. The van der Waals surface area contributed by atoms with Crippen LogP contribution in [0.15, 0.2) is 133 Å². The van der Waals surface area contributed by atoms with Crippen LogP contribution in [0.1, 0.15) is 59.2 Å². The second-order valence-corrected chi connectivity index (χ2v) is 15.0. The first kappa shape index (κ1) is 35.8. The molecule has 0 unspecified atom stereocenters. The van der Waals surface area contributed by atoms with Crippen LogP contribution in [0.2, 0.25) is 0 Å². The molecule has 5 aromatic carbocycles. The number of aromatic amines is 2. The Hall–Kier alpha value is -7.64. The number of hydrogen-bond acceptors (Lipinski definition) is 4. The number of H-pyrrole nitrogens is 2. The minimum atomic E-state index is -0.367. The number of nitro groups is 1. The summed E-state index contributed by atoms with van der Waals surface area (Å²) in [6, 6.07) is 45.0. The normalized spacial score (nSPS) is 12.3. The van der Waals surface area contributed by atoms with E-state index in [1.165, 1.54) is 11.6 Å². The van der Waals surface area contributed by atoms with Gasteiger partial charge in [0.25, 0.3) is 5.69 Å². The fraction of sp³-hybridized carbons (Fsp3) is 0.0769. The smallest absolute Gasteiger partial charge is 0.270 e. The highest BCUT2D eigenvalue weighted by Crippen LogP contribution is 2.39. The van der Waals surface area contributed by atoms with Gasteiger partial charge in [0.05, 0.1) is 27.7 Å². The Bertz CT molecular complexity index is 3170. The van der Waals surface area contributed by atoms with E-state index in [-0.39, 0.29) is 10.6 Å². The Kier molecular flexibility index (Phi) is 9.11. The third-order valence-corrected chi connectivity index (χ3v) is 11.3. The van der Waals surface area contributed by atoms with Gasteiger partial charge in [-0.3, -0.25) is 10.1 Å². The van der Waals surface area contributed by atoms with Gasteiger partial charge in [-0.2, -0.15) is 0 Å². The van der Waals surface area contributed by atoms with Gasteiger partial charge < -0.3 is 9.97 Å². The average Bonchev–Trinajstić information content (AvgIpc) is 4.12. The quantitative estimate of drug-likeness (QED) is 0.119. The number of nitrogens with zero attached hydrogens (tertiary/aromatic N) is 3. The first-order valence-corrected chi connectivity index (χ1v) is 20.1. The molecule has 2 N–H and O–H groups in total. The van der Waals surface area contributed by atoms with E-state index in [1.807, 2.05) is 18.2 Å². The van der Waals surface area contributed by atoms with Crippen LogP contribution in [0.3, 0.4) is 0 Å². The lowest BCUT2D eigenvalue weighted by molar-refractivity contribution is -0.384. The van der Waals surface area contributed by atoms with Crippen molar-refractivity contribution in [3.05, 3.63) is 183 Å². The number of aryl methyl sites for hydroxylation is 1. The van der Waals surface area contributed by atoms with Crippen LogP contribution in [0.4, 0.5) is 5.69 Å².